The van der Waals surface area contributed by atoms with Crippen molar-refractivity contribution in [3.63, 3.8) is 0 Å². The molecule has 2 bridgehead atoms. The second-order valence-electron chi connectivity index (χ2n) is 15.8. The number of carbonyl (C=O) groups excluding carboxylic acids is 1. The van der Waals surface area contributed by atoms with Gasteiger partial charge in [-0.1, -0.05) is 24.1 Å². The van der Waals surface area contributed by atoms with Gasteiger partial charge in [-0.05, 0) is 49.8 Å². The first-order valence-corrected chi connectivity index (χ1v) is 19.9. The van der Waals surface area contributed by atoms with E-state index in [9.17, 15) is 23.2 Å². The molecule has 5 fully saturated rings. The van der Waals surface area contributed by atoms with E-state index in [0.29, 0.717) is 50.3 Å². The molecule has 1 spiro atoms. The van der Waals surface area contributed by atoms with Crippen molar-refractivity contribution in [2.75, 3.05) is 63.0 Å². The standard InChI is InChI=1S/C38H38ClF5N8O2S/c39-25-11-23-30(29(42)28(25)22-5-6-26(41)31-27(22)24(12-45)33(46)55-31)47-36(54-35-19-4-3-9-49(35)15-21(40)10-19)48-34(23)50-8-2-1-7-38(16-50)17-52(18-38)37(53)51-13-20(14-51)32(43)44/h5-6,11,19-21,32,35H,1-4,7-10,13-18,46H2/t19-,21-,35?/m1/s1. The van der Waals surface area contributed by atoms with Gasteiger partial charge in [-0.2, -0.15) is 15.2 Å². The minimum atomic E-state index is -2.45. The molecule has 2 unspecified atom stereocenters. The molecule has 0 saturated carbocycles. The van der Waals surface area contributed by atoms with Crippen LogP contribution in [0.4, 0.5) is 37.6 Å². The van der Waals surface area contributed by atoms with Crippen LogP contribution < -0.4 is 15.4 Å². The molecule has 2 aromatic carbocycles. The number of amides is 2. The maximum Gasteiger partial charge on any atom is 0.320 e. The third kappa shape index (κ3) is 6.17. The number of fused-ring (bicyclic) bond motifs is 4. The van der Waals surface area contributed by atoms with Crippen LogP contribution in [0.25, 0.3) is 32.1 Å². The predicted molar refractivity (Wildman–Crippen MR) is 199 cm³/mol. The van der Waals surface area contributed by atoms with E-state index in [4.69, 9.17) is 27.1 Å². The number of aromatic nitrogens is 2. The van der Waals surface area contributed by atoms with Crippen LogP contribution in [0.15, 0.2) is 18.2 Å². The SMILES string of the molecule is N#Cc1c(N)sc2c(F)ccc(-c3c(Cl)cc4c(N5CCCCC6(CN(C(=O)N7CC(C(F)F)C7)C6)C5)nc(OC5[C@@H]6CCCN5C[C@H](F)C6)nc4c3F)c12. The number of benzene rings is 2. The lowest BCUT2D eigenvalue weighted by atomic mass is 9.76. The van der Waals surface area contributed by atoms with E-state index in [1.54, 1.807) is 11.0 Å². The van der Waals surface area contributed by atoms with Crippen molar-refractivity contribution in [1.82, 2.24) is 24.7 Å². The van der Waals surface area contributed by atoms with E-state index >= 15 is 8.78 Å². The summed E-state index contributed by atoms with van der Waals surface area (Å²) in [6.07, 6.45) is 0.560. The number of ether oxygens (including phenoxy) is 1. The highest BCUT2D eigenvalue weighted by atomic mass is 35.5. The zero-order valence-electron chi connectivity index (χ0n) is 29.7. The summed E-state index contributed by atoms with van der Waals surface area (Å²) >= 11 is 7.84. The predicted octanol–water partition coefficient (Wildman–Crippen LogP) is 7.66. The van der Waals surface area contributed by atoms with Gasteiger partial charge in [0.25, 0.3) is 0 Å². The third-order valence-corrected chi connectivity index (χ3v) is 13.4. The lowest BCUT2D eigenvalue weighted by Gasteiger charge is -2.54. The summed E-state index contributed by atoms with van der Waals surface area (Å²) in [7, 11) is 0. The van der Waals surface area contributed by atoms with Crippen LogP contribution in [0, 0.1) is 40.2 Å². The van der Waals surface area contributed by atoms with Gasteiger partial charge in [0.1, 0.15) is 34.4 Å². The van der Waals surface area contributed by atoms with Gasteiger partial charge >= 0.3 is 12.0 Å². The maximum absolute atomic E-state index is 17.3. The van der Waals surface area contributed by atoms with E-state index in [0.717, 1.165) is 43.4 Å². The Labute approximate surface area is 322 Å². The summed E-state index contributed by atoms with van der Waals surface area (Å²) in [5, 5.41) is 10.5. The zero-order chi connectivity index (χ0) is 38.3. The number of likely N-dealkylation sites (tertiary alicyclic amines) is 2. The van der Waals surface area contributed by atoms with Crippen LogP contribution in [-0.2, 0) is 0 Å². The number of thiophene rings is 1. The van der Waals surface area contributed by atoms with E-state index < -0.39 is 36.4 Å². The van der Waals surface area contributed by atoms with E-state index in [-0.39, 0.29) is 85.3 Å². The number of carbonyl (C=O) groups is 1. The van der Waals surface area contributed by atoms with Gasteiger partial charge in [0, 0.05) is 80.0 Å². The van der Waals surface area contributed by atoms with Gasteiger partial charge in [0.05, 0.1) is 21.2 Å². The smallest absolute Gasteiger partial charge is 0.320 e. The molecule has 5 aliphatic rings. The highest BCUT2D eigenvalue weighted by Gasteiger charge is 2.50. The largest absolute Gasteiger partial charge is 0.444 e. The van der Waals surface area contributed by atoms with E-state index in [1.165, 1.54) is 17.0 Å². The Balaban J connectivity index is 1.12. The zero-order valence-corrected chi connectivity index (χ0v) is 31.3. The molecule has 4 atom stereocenters. The number of nitrogen functional groups attached to an aromatic ring is 1. The fraction of sp³-hybridized carbons (Fsp3) is 0.526. The van der Waals surface area contributed by atoms with Gasteiger partial charge in [-0.25, -0.2) is 26.7 Å². The lowest BCUT2D eigenvalue weighted by Crippen LogP contribution is -2.67. The lowest BCUT2D eigenvalue weighted by molar-refractivity contribution is -0.0989. The first kappa shape index (κ1) is 36.4. The monoisotopic (exact) mass is 800 g/mol. The molecule has 0 aliphatic carbocycles. The molecule has 2 amide bonds. The third-order valence-electron chi connectivity index (χ3n) is 12.1. The Hall–Kier alpha value is -4.20. The minimum absolute atomic E-state index is 0.00593. The maximum atomic E-state index is 17.3. The fourth-order valence-electron chi connectivity index (χ4n) is 9.43. The van der Waals surface area contributed by atoms with Crippen molar-refractivity contribution in [3.8, 4) is 23.2 Å². The van der Waals surface area contributed by atoms with Crippen LogP contribution in [0.1, 0.15) is 44.1 Å². The van der Waals surface area contributed by atoms with Crippen molar-refractivity contribution in [1.29, 1.82) is 5.26 Å². The normalized spacial score (nSPS) is 25.2. The molecule has 17 heteroatoms. The molecule has 7 heterocycles. The van der Waals surface area contributed by atoms with Crippen LogP contribution in [0.3, 0.4) is 0 Å². The number of alkyl halides is 3. The Bertz CT molecular complexity index is 2230. The molecule has 5 saturated heterocycles. The second kappa shape index (κ2) is 13.8. The molecule has 4 aromatic rings. The molecule has 5 aliphatic heterocycles. The fourth-order valence-corrected chi connectivity index (χ4v) is 10.7. The molecular weight excluding hydrogens is 763 g/mol. The number of urea groups is 1. The minimum Gasteiger partial charge on any atom is -0.444 e. The number of nitriles is 1. The molecule has 10 nitrogen and oxygen atoms in total. The van der Waals surface area contributed by atoms with Crippen molar-refractivity contribution in [3.05, 3.63) is 40.4 Å². The van der Waals surface area contributed by atoms with Crippen LogP contribution >= 0.6 is 22.9 Å². The van der Waals surface area contributed by atoms with E-state index in [1.807, 2.05) is 11.0 Å². The molecule has 55 heavy (non-hydrogen) atoms. The van der Waals surface area contributed by atoms with Crippen molar-refractivity contribution in [2.45, 2.75) is 57.3 Å². The molecule has 2 aromatic heterocycles. The molecule has 0 radical (unpaired) electrons. The van der Waals surface area contributed by atoms with E-state index in [2.05, 4.69) is 9.88 Å². The van der Waals surface area contributed by atoms with Gasteiger partial charge in [0.15, 0.2) is 12.0 Å². The quantitative estimate of drug-likeness (QED) is 0.205. The number of piperidine rings is 2. The number of anilines is 2. The summed E-state index contributed by atoms with van der Waals surface area (Å²) in [5.74, 6) is -1.92. The first-order valence-electron chi connectivity index (χ1n) is 18.7. The molecule has 290 valence electrons. The summed E-state index contributed by atoms with van der Waals surface area (Å²) < 4.78 is 79.8. The van der Waals surface area contributed by atoms with Gasteiger partial charge in [0.2, 0.25) is 6.43 Å². The van der Waals surface area contributed by atoms with Crippen LogP contribution in [-0.4, -0.2) is 102 Å². The average molecular weight is 801 g/mol. The summed E-state index contributed by atoms with van der Waals surface area (Å²) in [6.45, 7) is 2.87. The topological polar surface area (TPSA) is 115 Å². The number of hydrogen-bond donors (Lipinski definition) is 1. The highest BCUT2D eigenvalue weighted by Crippen LogP contribution is 2.47. The Morgan fingerprint density at radius 3 is 2.64 bits per heavy atom. The number of nitrogens with zero attached hydrogens (tertiary/aromatic N) is 7. The Morgan fingerprint density at radius 1 is 1.09 bits per heavy atom. The summed E-state index contributed by atoms with van der Waals surface area (Å²) in [4.78, 5) is 29.9. The number of hydrogen-bond acceptors (Lipinski definition) is 9. The first-order chi connectivity index (χ1) is 26.4. The Kier molecular flexibility index (Phi) is 9.12. The molecule has 2 N–H and O–H groups in total. The number of nitrogens with two attached hydrogens (primary N) is 1. The van der Waals surface area contributed by atoms with Gasteiger partial charge in [-0.15, -0.1) is 11.3 Å². The number of halogens is 6. The second-order valence-corrected chi connectivity index (χ2v) is 17.2. The van der Waals surface area contributed by atoms with Crippen LogP contribution in [0.5, 0.6) is 6.01 Å². The van der Waals surface area contributed by atoms with Gasteiger partial charge < -0.3 is 25.2 Å². The van der Waals surface area contributed by atoms with Crippen molar-refractivity contribution < 1.29 is 31.5 Å². The van der Waals surface area contributed by atoms with Crippen molar-refractivity contribution >= 4 is 60.8 Å². The molecule has 9 rings (SSSR count). The summed E-state index contributed by atoms with van der Waals surface area (Å²) in [5.41, 5.74) is 5.83. The summed E-state index contributed by atoms with van der Waals surface area (Å²) in [6, 6.07) is 5.85. The van der Waals surface area contributed by atoms with Crippen LogP contribution in [0.2, 0.25) is 5.02 Å². The van der Waals surface area contributed by atoms with Crippen molar-refractivity contribution in [2.24, 2.45) is 17.3 Å². The van der Waals surface area contributed by atoms with Gasteiger partial charge in [-0.3, -0.25) is 4.90 Å². The Morgan fingerprint density at radius 2 is 1.89 bits per heavy atom. The number of rotatable bonds is 5. The molecular formula is C38H38ClF5N8O2S. The average Bonchev–Trinajstić information content (AvgIpc) is 3.28. The highest BCUT2D eigenvalue weighted by molar-refractivity contribution is 7.23.